The van der Waals surface area contributed by atoms with E-state index in [1.165, 1.54) is 24.5 Å². The molecule has 4 nitrogen and oxygen atoms in total. The second kappa shape index (κ2) is 6.80. The minimum absolute atomic E-state index is 0.0676. The van der Waals surface area contributed by atoms with Crippen LogP contribution in [0.15, 0.2) is 64.0 Å². The molecule has 0 aliphatic heterocycles. The molecule has 4 rings (SSSR count). The molecule has 0 atom stereocenters. The second-order valence-electron chi connectivity index (χ2n) is 5.76. The van der Waals surface area contributed by atoms with Crippen molar-refractivity contribution in [3.8, 4) is 22.6 Å². The molecule has 0 N–H and O–H groups in total. The van der Waals surface area contributed by atoms with E-state index in [9.17, 15) is 22.4 Å². The van der Waals surface area contributed by atoms with Gasteiger partial charge in [-0.25, -0.2) is 0 Å². The molecule has 0 saturated heterocycles. The van der Waals surface area contributed by atoms with Crippen molar-refractivity contribution < 1.29 is 26.7 Å². The molecule has 140 valence electrons. The normalized spacial score (nSPS) is 11.0. The van der Waals surface area contributed by atoms with Crippen LogP contribution in [-0.4, -0.2) is 4.98 Å². The standard InChI is InChI=1S/C20H9F4NO3/c21-15-18(16(22)20(24)25-19(15)23)28-11-6-7-12-14(8-11)27-9-13(17(12)26)10-4-2-1-3-5-10/h1-9H. The highest BCUT2D eigenvalue weighted by molar-refractivity contribution is 5.82. The maximum Gasteiger partial charge on any atom is 0.255 e. The van der Waals surface area contributed by atoms with E-state index in [0.29, 0.717) is 11.1 Å². The Bertz CT molecular complexity index is 1230. The largest absolute Gasteiger partial charge is 0.463 e. The fourth-order valence-electron chi connectivity index (χ4n) is 2.66. The Hall–Kier alpha value is -3.68. The summed E-state index contributed by atoms with van der Waals surface area (Å²) in [4.78, 5) is 15.1. The van der Waals surface area contributed by atoms with Gasteiger partial charge in [0.1, 0.15) is 17.6 Å². The smallest absolute Gasteiger partial charge is 0.255 e. The molecule has 2 aromatic heterocycles. The molecule has 28 heavy (non-hydrogen) atoms. The Morgan fingerprint density at radius 2 is 1.57 bits per heavy atom. The van der Waals surface area contributed by atoms with Crippen molar-refractivity contribution in [1.29, 1.82) is 0 Å². The van der Waals surface area contributed by atoms with Gasteiger partial charge in [-0.2, -0.15) is 22.5 Å². The summed E-state index contributed by atoms with van der Waals surface area (Å²) in [5.74, 6) is -8.71. The average Bonchev–Trinajstić information content (AvgIpc) is 2.70. The number of fused-ring (bicyclic) bond motifs is 1. The first-order valence-electron chi connectivity index (χ1n) is 7.94. The number of nitrogens with zero attached hydrogens (tertiary/aromatic N) is 1. The lowest BCUT2D eigenvalue weighted by atomic mass is 10.1. The number of hydrogen-bond acceptors (Lipinski definition) is 4. The summed E-state index contributed by atoms with van der Waals surface area (Å²) in [6, 6.07) is 12.6. The highest BCUT2D eigenvalue weighted by Crippen LogP contribution is 2.31. The maximum absolute atomic E-state index is 13.7. The highest BCUT2D eigenvalue weighted by Gasteiger charge is 2.23. The lowest BCUT2D eigenvalue weighted by Crippen LogP contribution is -2.05. The molecule has 0 aliphatic rings. The summed E-state index contributed by atoms with van der Waals surface area (Å²) in [6.07, 6.45) is 1.25. The Kier molecular flexibility index (Phi) is 4.31. The predicted molar refractivity (Wildman–Crippen MR) is 92.1 cm³/mol. The van der Waals surface area contributed by atoms with E-state index in [4.69, 9.17) is 9.15 Å². The van der Waals surface area contributed by atoms with Gasteiger partial charge in [0.15, 0.2) is 5.43 Å². The molecule has 0 radical (unpaired) electrons. The number of benzene rings is 2. The fourth-order valence-corrected chi connectivity index (χ4v) is 2.66. The van der Waals surface area contributed by atoms with Crippen molar-refractivity contribution >= 4 is 11.0 Å². The fraction of sp³-hybridized carbons (Fsp3) is 0. The lowest BCUT2D eigenvalue weighted by Gasteiger charge is -2.09. The van der Waals surface area contributed by atoms with Gasteiger partial charge in [0.05, 0.1) is 10.9 Å². The zero-order chi connectivity index (χ0) is 19.8. The molecule has 0 aliphatic carbocycles. The molecule has 2 aromatic carbocycles. The number of ether oxygens (including phenoxy) is 1. The summed E-state index contributed by atoms with van der Waals surface area (Å²) in [5.41, 5.74) is 0.734. The highest BCUT2D eigenvalue weighted by atomic mass is 19.2. The van der Waals surface area contributed by atoms with Gasteiger partial charge >= 0.3 is 0 Å². The van der Waals surface area contributed by atoms with E-state index >= 15 is 0 Å². The van der Waals surface area contributed by atoms with E-state index < -0.39 is 29.3 Å². The van der Waals surface area contributed by atoms with Crippen LogP contribution in [0.1, 0.15) is 0 Å². The van der Waals surface area contributed by atoms with Crippen LogP contribution in [0.4, 0.5) is 17.6 Å². The van der Waals surface area contributed by atoms with Gasteiger partial charge in [0.25, 0.3) is 11.9 Å². The van der Waals surface area contributed by atoms with Crippen molar-refractivity contribution in [3.05, 3.63) is 88.5 Å². The van der Waals surface area contributed by atoms with E-state index in [0.717, 1.165) is 0 Å². The van der Waals surface area contributed by atoms with E-state index in [1.807, 2.05) is 0 Å². The molecular formula is C20H9F4NO3. The van der Waals surface area contributed by atoms with Gasteiger partial charge in [-0.1, -0.05) is 30.3 Å². The summed E-state index contributed by atoms with van der Waals surface area (Å²) >= 11 is 0. The van der Waals surface area contributed by atoms with Gasteiger partial charge < -0.3 is 9.15 Å². The minimum Gasteiger partial charge on any atom is -0.463 e. The van der Waals surface area contributed by atoms with Crippen LogP contribution in [0.3, 0.4) is 0 Å². The SMILES string of the molecule is O=c1c(-c2ccccc2)coc2cc(Oc3c(F)c(F)nc(F)c3F)ccc12. The molecule has 0 amide bonds. The Morgan fingerprint density at radius 1 is 0.893 bits per heavy atom. The Morgan fingerprint density at radius 3 is 2.25 bits per heavy atom. The molecular weight excluding hydrogens is 378 g/mol. The first-order chi connectivity index (χ1) is 13.5. The molecule has 0 unspecified atom stereocenters. The van der Waals surface area contributed by atoms with Gasteiger partial charge in [-0.15, -0.1) is 0 Å². The lowest BCUT2D eigenvalue weighted by molar-refractivity contribution is 0.343. The first-order valence-corrected chi connectivity index (χ1v) is 7.94. The minimum atomic E-state index is -1.84. The van der Waals surface area contributed by atoms with E-state index in [1.54, 1.807) is 30.3 Å². The van der Waals surface area contributed by atoms with Gasteiger partial charge in [-0.3, -0.25) is 4.79 Å². The summed E-state index contributed by atoms with van der Waals surface area (Å²) in [7, 11) is 0. The summed E-state index contributed by atoms with van der Waals surface area (Å²) in [6.45, 7) is 0. The number of pyridine rings is 1. The molecule has 0 fully saturated rings. The number of aromatic nitrogens is 1. The van der Waals surface area contributed by atoms with Crippen molar-refractivity contribution in [2.24, 2.45) is 0 Å². The Labute approximate surface area is 154 Å². The molecule has 2 heterocycles. The number of rotatable bonds is 3. The van der Waals surface area contributed by atoms with Crippen LogP contribution in [0.5, 0.6) is 11.5 Å². The first kappa shape index (κ1) is 17.7. The van der Waals surface area contributed by atoms with E-state index in [2.05, 4.69) is 4.98 Å². The van der Waals surface area contributed by atoms with Crippen molar-refractivity contribution in [3.63, 3.8) is 0 Å². The van der Waals surface area contributed by atoms with Crippen LogP contribution < -0.4 is 10.2 Å². The average molecular weight is 387 g/mol. The monoisotopic (exact) mass is 387 g/mol. The topological polar surface area (TPSA) is 52.3 Å². The third-order valence-corrected chi connectivity index (χ3v) is 4.01. The number of hydrogen-bond donors (Lipinski definition) is 0. The molecule has 0 spiro atoms. The van der Waals surface area contributed by atoms with Crippen molar-refractivity contribution in [1.82, 2.24) is 4.98 Å². The zero-order valence-corrected chi connectivity index (χ0v) is 13.9. The molecule has 0 bridgehead atoms. The summed E-state index contributed by atoms with van der Waals surface area (Å²) < 4.78 is 64.2. The molecule has 4 aromatic rings. The zero-order valence-electron chi connectivity index (χ0n) is 13.9. The van der Waals surface area contributed by atoms with E-state index in [-0.39, 0.29) is 22.1 Å². The third-order valence-electron chi connectivity index (χ3n) is 4.01. The van der Waals surface area contributed by atoms with Gasteiger partial charge in [-0.05, 0) is 17.7 Å². The molecule has 8 heteroatoms. The van der Waals surface area contributed by atoms with Crippen LogP contribution in [0.2, 0.25) is 0 Å². The third kappa shape index (κ3) is 2.98. The van der Waals surface area contributed by atoms with Gasteiger partial charge in [0, 0.05) is 6.07 Å². The van der Waals surface area contributed by atoms with Crippen LogP contribution in [0.25, 0.3) is 22.1 Å². The van der Waals surface area contributed by atoms with Crippen LogP contribution in [0, 0.1) is 23.5 Å². The van der Waals surface area contributed by atoms with Crippen molar-refractivity contribution in [2.45, 2.75) is 0 Å². The number of halogens is 4. The quantitative estimate of drug-likeness (QED) is 0.358. The summed E-state index contributed by atoms with van der Waals surface area (Å²) in [5, 5.41) is 0.196. The predicted octanol–water partition coefficient (Wildman–Crippen LogP) is 5.20. The maximum atomic E-state index is 13.7. The Balaban J connectivity index is 1.77. The second-order valence-corrected chi connectivity index (χ2v) is 5.76. The van der Waals surface area contributed by atoms with Crippen molar-refractivity contribution in [2.75, 3.05) is 0 Å². The van der Waals surface area contributed by atoms with Crippen LogP contribution in [-0.2, 0) is 0 Å². The van der Waals surface area contributed by atoms with Crippen LogP contribution >= 0.6 is 0 Å². The van der Waals surface area contributed by atoms with Gasteiger partial charge in [0.2, 0.25) is 17.4 Å². The molecule has 0 saturated carbocycles.